The quantitative estimate of drug-likeness (QED) is 0.470. The predicted molar refractivity (Wildman–Crippen MR) is 74.6 cm³/mol. The van der Waals surface area contributed by atoms with Gasteiger partial charge in [0.25, 0.3) is 5.69 Å². The fourth-order valence-corrected chi connectivity index (χ4v) is 2.25. The number of rotatable bonds is 6. The Labute approximate surface area is 112 Å². The fourth-order valence-electron chi connectivity index (χ4n) is 2.25. The van der Waals surface area contributed by atoms with Crippen LogP contribution in [0, 0.1) is 21.4 Å². The molecule has 0 aliphatic carbocycles. The summed E-state index contributed by atoms with van der Waals surface area (Å²) in [5.41, 5.74) is 0.416. The van der Waals surface area contributed by atoms with E-state index in [0.29, 0.717) is 18.6 Å². The van der Waals surface area contributed by atoms with Crippen LogP contribution in [0.15, 0.2) is 24.3 Å². The fraction of sp³-hybridized carbons (Fsp3) is 0.500. The second-order valence-electron chi connectivity index (χ2n) is 5.24. The van der Waals surface area contributed by atoms with Gasteiger partial charge in [0, 0.05) is 30.2 Å². The van der Waals surface area contributed by atoms with E-state index in [2.05, 4.69) is 0 Å². The highest BCUT2D eigenvalue weighted by atomic mass is 16.6. The van der Waals surface area contributed by atoms with E-state index in [9.17, 15) is 15.2 Å². The van der Waals surface area contributed by atoms with Gasteiger partial charge in [0.05, 0.1) is 10.5 Å². The number of nitro groups is 1. The van der Waals surface area contributed by atoms with Crippen LogP contribution in [-0.4, -0.2) is 21.3 Å². The largest absolute Gasteiger partial charge is 0.390 e. The molecule has 1 aromatic carbocycles. The van der Waals surface area contributed by atoms with Crippen molar-refractivity contribution in [1.29, 1.82) is 5.41 Å². The van der Waals surface area contributed by atoms with Gasteiger partial charge in [-0.05, 0) is 25.8 Å². The molecule has 0 heterocycles. The van der Waals surface area contributed by atoms with Crippen LogP contribution in [0.25, 0.3) is 0 Å². The topological polar surface area (TPSA) is 87.2 Å². The highest BCUT2D eigenvalue weighted by Crippen LogP contribution is 2.23. The van der Waals surface area contributed by atoms with Gasteiger partial charge in [-0.1, -0.05) is 19.1 Å². The molecule has 0 radical (unpaired) electrons. The third-order valence-electron chi connectivity index (χ3n) is 3.22. The Kier molecular flexibility index (Phi) is 4.78. The second-order valence-corrected chi connectivity index (χ2v) is 5.24. The van der Waals surface area contributed by atoms with Crippen molar-refractivity contribution in [3.63, 3.8) is 0 Å². The maximum absolute atomic E-state index is 10.6. The molecule has 1 atom stereocenters. The minimum atomic E-state index is -0.924. The van der Waals surface area contributed by atoms with Crippen molar-refractivity contribution in [3.05, 3.63) is 39.9 Å². The molecule has 2 N–H and O–H groups in total. The van der Waals surface area contributed by atoms with E-state index in [4.69, 9.17) is 5.41 Å². The second kappa shape index (κ2) is 5.93. The first-order chi connectivity index (χ1) is 8.75. The van der Waals surface area contributed by atoms with E-state index >= 15 is 0 Å². The lowest BCUT2D eigenvalue weighted by molar-refractivity contribution is -0.384. The van der Waals surface area contributed by atoms with E-state index in [-0.39, 0.29) is 11.6 Å². The Morgan fingerprint density at radius 2 is 1.95 bits per heavy atom. The molecule has 19 heavy (non-hydrogen) atoms. The van der Waals surface area contributed by atoms with Crippen molar-refractivity contribution in [2.45, 2.75) is 39.2 Å². The van der Waals surface area contributed by atoms with Crippen molar-refractivity contribution in [1.82, 2.24) is 0 Å². The SMILES string of the molecule is CCC(C(=N)Cc1ccc([N+](=O)[O-])cc1)C(C)(C)O. The van der Waals surface area contributed by atoms with Crippen LogP contribution in [0.3, 0.4) is 0 Å². The van der Waals surface area contributed by atoms with Crippen LogP contribution >= 0.6 is 0 Å². The molecular formula is C14H20N2O3. The third-order valence-corrected chi connectivity index (χ3v) is 3.22. The summed E-state index contributed by atoms with van der Waals surface area (Å²) in [4.78, 5) is 10.1. The number of hydrogen-bond acceptors (Lipinski definition) is 4. The molecule has 0 fully saturated rings. The third kappa shape index (κ3) is 4.13. The standard InChI is InChI=1S/C14H20N2O3/c1-4-12(14(2,3)17)13(15)9-10-5-7-11(8-6-10)16(18)19/h5-8,12,15,17H,4,9H2,1-3H3. The van der Waals surface area contributed by atoms with Crippen LogP contribution in [0.2, 0.25) is 0 Å². The molecule has 0 amide bonds. The van der Waals surface area contributed by atoms with Gasteiger partial charge in [0.2, 0.25) is 0 Å². The van der Waals surface area contributed by atoms with Crippen molar-refractivity contribution >= 4 is 11.4 Å². The van der Waals surface area contributed by atoms with Gasteiger partial charge in [-0.3, -0.25) is 10.1 Å². The van der Waals surface area contributed by atoms with E-state index in [1.807, 2.05) is 6.92 Å². The van der Waals surface area contributed by atoms with Gasteiger partial charge in [-0.2, -0.15) is 0 Å². The summed E-state index contributed by atoms with van der Waals surface area (Å²) in [6.45, 7) is 5.34. The summed E-state index contributed by atoms with van der Waals surface area (Å²) >= 11 is 0. The Hall–Kier alpha value is -1.75. The molecule has 1 aromatic rings. The number of non-ortho nitro benzene ring substituents is 1. The highest BCUT2D eigenvalue weighted by Gasteiger charge is 2.28. The normalized spacial score (nSPS) is 13.1. The molecule has 0 aliphatic rings. The maximum atomic E-state index is 10.6. The molecule has 0 aromatic heterocycles. The Morgan fingerprint density at radius 3 is 2.32 bits per heavy atom. The zero-order valence-corrected chi connectivity index (χ0v) is 11.5. The van der Waals surface area contributed by atoms with Crippen LogP contribution < -0.4 is 0 Å². The summed E-state index contributed by atoms with van der Waals surface area (Å²) in [5.74, 6) is -0.206. The summed E-state index contributed by atoms with van der Waals surface area (Å²) in [6, 6.07) is 6.19. The first kappa shape index (κ1) is 15.3. The van der Waals surface area contributed by atoms with E-state index in [0.717, 1.165) is 5.56 Å². The molecule has 104 valence electrons. The van der Waals surface area contributed by atoms with Gasteiger partial charge in [0.15, 0.2) is 0 Å². The molecule has 1 unspecified atom stereocenters. The first-order valence-electron chi connectivity index (χ1n) is 6.28. The molecule has 0 bridgehead atoms. The molecule has 5 nitrogen and oxygen atoms in total. The summed E-state index contributed by atoms with van der Waals surface area (Å²) in [5, 5.41) is 28.6. The summed E-state index contributed by atoms with van der Waals surface area (Å²) < 4.78 is 0. The zero-order chi connectivity index (χ0) is 14.6. The molecule has 0 saturated carbocycles. The average Bonchev–Trinajstić information content (AvgIpc) is 2.28. The monoisotopic (exact) mass is 264 g/mol. The smallest absolute Gasteiger partial charge is 0.269 e. The van der Waals surface area contributed by atoms with Crippen LogP contribution in [0.5, 0.6) is 0 Å². The summed E-state index contributed by atoms with van der Waals surface area (Å²) in [7, 11) is 0. The van der Waals surface area contributed by atoms with Gasteiger partial charge in [0.1, 0.15) is 0 Å². The highest BCUT2D eigenvalue weighted by molar-refractivity contribution is 5.86. The van der Waals surface area contributed by atoms with E-state index in [1.165, 1.54) is 12.1 Å². The lowest BCUT2D eigenvalue weighted by Gasteiger charge is -2.29. The Balaban J connectivity index is 2.79. The Bertz CT molecular complexity index is 461. The maximum Gasteiger partial charge on any atom is 0.269 e. The van der Waals surface area contributed by atoms with Gasteiger partial charge < -0.3 is 10.5 Å². The number of benzene rings is 1. The van der Waals surface area contributed by atoms with Gasteiger partial charge >= 0.3 is 0 Å². The summed E-state index contributed by atoms with van der Waals surface area (Å²) in [6.07, 6.45) is 1.09. The number of aliphatic hydroxyl groups is 1. The van der Waals surface area contributed by atoms with Crippen LogP contribution in [0.4, 0.5) is 5.69 Å². The number of nitrogens with one attached hydrogen (secondary N) is 1. The predicted octanol–water partition coefficient (Wildman–Crippen LogP) is 2.95. The minimum Gasteiger partial charge on any atom is -0.390 e. The molecule has 0 aliphatic heterocycles. The van der Waals surface area contributed by atoms with E-state index < -0.39 is 10.5 Å². The number of nitro benzene ring substituents is 1. The minimum absolute atomic E-state index is 0.0461. The van der Waals surface area contributed by atoms with Crippen molar-refractivity contribution in [3.8, 4) is 0 Å². The zero-order valence-electron chi connectivity index (χ0n) is 11.5. The van der Waals surface area contributed by atoms with Gasteiger partial charge in [-0.25, -0.2) is 0 Å². The number of nitrogens with zero attached hydrogens (tertiary/aromatic N) is 1. The Morgan fingerprint density at radius 1 is 1.42 bits per heavy atom. The van der Waals surface area contributed by atoms with Crippen molar-refractivity contribution < 1.29 is 10.0 Å². The average molecular weight is 264 g/mol. The van der Waals surface area contributed by atoms with Crippen molar-refractivity contribution in [2.75, 3.05) is 0 Å². The molecule has 5 heteroatoms. The molecule has 0 spiro atoms. The molecule has 1 rings (SSSR count). The van der Waals surface area contributed by atoms with Gasteiger partial charge in [-0.15, -0.1) is 0 Å². The van der Waals surface area contributed by atoms with E-state index in [1.54, 1.807) is 26.0 Å². The molecular weight excluding hydrogens is 244 g/mol. The van der Waals surface area contributed by atoms with Crippen LogP contribution in [0.1, 0.15) is 32.8 Å². The lowest BCUT2D eigenvalue weighted by atomic mass is 9.82. The van der Waals surface area contributed by atoms with Crippen LogP contribution in [-0.2, 0) is 6.42 Å². The first-order valence-corrected chi connectivity index (χ1v) is 6.28. The number of hydrogen-bond donors (Lipinski definition) is 2. The molecule has 0 saturated heterocycles. The lowest BCUT2D eigenvalue weighted by Crippen LogP contribution is -2.36. The van der Waals surface area contributed by atoms with Crippen molar-refractivity contribution in [2.24, 2.45) is 5.92 Å².